The maximum Gasteiger partial charge on any atom is 0.244 e. The van der Waals surface area contributed by atoms with Gasteiger partial charge in [0.05, 0.1) is 0 Å². The van der Waals surface area contributed by atoms with Gasteiger partial charge in [0.1, 0.15) is 12.4 Å². The topological polar surface area (TPSA) is 49.4 Å². The monoisotopic (exact) mass is 378 g/mol. The van der Waals surface area contributed by atoms with Gasteiger partial charge in [-0.2, -0.15) is 0 Å². The quantitative estimate of drug-likeness (QED) is 0.877. The first-order valence-corrected chi connectivity index (χ1v) is 7.76. The summed E-state index contributed by atoms with van der Waals surface area (Å²) in [6.45, 7) is 3.16. The largest absolute Gasteiger partial charge is 0.325 e. The lowest BCUT2D eigenvalue weighted by atomic mass is 10.2. The van der Waals surface area contributed by atoms with Crippen molar-refractivity contribution in [3.05, 3.63) is 58.3 Å². The molecule has 0 heterocycles. The van der Waals surface area contributed by atoms with Gasteiger partial charge < -0.3 is 10.2 Å². The van der Waals surface area contributed by atoms with E-state index < -0.39 is 0 Å². The molecule has 0 saturated carbocycles. The van der Waals surface area contributed by atoms with Crippen molar-refractivity contribution in [2.24, 2.45) is 0 Å². The minimum Gasteiger partial charge on any atom is -0.325 e. The molecular weight excluding hydrogens is 363 g/mol. The average molecular weight is 379 g/mol. The van der Waals surface area contributed by atoms with Crippen LogP contribution in [0.25, 0.3) is 0 Å². The van der Waals surface area contributed by atoms with E-state index in [4.69, 9.17) is 0 Å². The highest BCUT2D eigenvalue weighted by Crippen LogP contribution is 2.24. The van der Waals surface area contributed by atoms with E-state index in [1.807, 2.05) is 19.1 Å². The molecule has 120 valence electrons. The first-order chi connectivity index (χ1) is 10.9. The zero-order valence-electron chi connectivity index (χ0n) is 12.8. The average Bonchev–Trinajstić information content (AvgIpc) is 2.48. The molecule has 0 bridgehead atoms. The van der Waals surface area contributed by atoms with Crippen LogP contribution in [-0.2, 0) is 9.59 Å². The van der Waals surface area contributed by atoms with Crippen LogP contribution in [0.4, 0.5) is 15.8 Å². The summed E-state index contributed by atoms with van der Waals surface area (Å²) >= 11 is 3.37. The Balaban J connectivity index is 2.14. The highest BCUT2D eigenvalue weighted by molar-refractivity contribution is 9.10. The summed E-state index contributed by atoms with van der Waals surface area (Å²) in [6, 6.07) is 10.9. The van der Waals surface area contributed by atoms with E-state index in [0.29, 0.717) is 11.4 Å². The van der Waals surface area contributed by atoms with Crippen LogP contribution >= 0.6 is 15.9 Å². The molecule has 2 amide bonds. The molecule has 4 nitrogen and oxygen atoms in total. The maximum atomic E-state index is 12.9. The molecule has 0 aliphatic heterocycles. The van der Waals surface area contributed by atoms with Crippen LogP contribution in [0.3, 0.4) is 0 Å². The lowest BCUT2D eigenvalue weighted by Crippen LogP contribution is -2.37. The number of anilines is 2. The standard InChI is InChI=1S/C17H16BrFN2O2/c1-11-9-13(18)3-8-16(11)21(12(2)22)10-17(23)20-15-6-4-14(19)5-7-15/h3-9H,10H2,1-2H3,(H,20,23). The molecule has 2 aromatic rings. The number of carbonyl (C=O) groups is 2. The van der Waals surface area contributed by atoms with Gasteiger partial charge >= 0.3 is 0 Å². The van der Waals surface area contributed by atoms with Crippen LogP contribution in [0.15, 0.2) is 46.9 Å². The third-order valence-electron chi connectivity index (χ3n) is 3.26. The summed E-state index contributed by atoms with van der Waals surface area (Å²) < 4.78 is 13.8. The molecule has 23 heavy (non-hydrogen) atoms. The van der Waals surface area contributed by atoms with Crippen LogP contribution in [0.5, 0.6) is 0 Å². The fourth-order valence-electron chi connectivity index (χ4n) is 2.17. The molecule has 0 radical (unpaired) electrons. The number of amides is 2. The summed E-state index contributed by atoms with van der Waals surface area (Å²) in [6.07, 6.45) is 0. The molecule has 0 spiro atoms. The number of rotatable bonds is 4. The highest BCUT2D eigenvalue weighted by Gasteiger charge is 2.17. The fourth-order valence-corrected chi connectivity index (χ4v) is 2.64. The second kappa shape index (κ2) is 7.37. The Labute approximate surface area is 142 Å². The summed E-state index contributed by atoms with van der Waals surface area (Å²) in [4.78, 5) is 25.5. The molecule has 0 saturated heterocycles. The molecule has 6 heteroatoms. The Morgan fingerprint density at radius 3 is 2.39 bits per heavy atom. The van der Waals surface area contributed by atoms with Crippen molar-refractivity contribution in [2.75, 3.05) is 16.8 Å². The smallest absolute Gasteiger partial charge is 0.244 e. The molecule has 0 fully saturated rings. The predicted octanol–water partition coefficient (Wildman–Crippen LogP) is 3.89. The third-order valence-corrected chi connectivity index (χ3v) is 3.75. The second-order valence-corrected chi connectivity index (χ2v) is 6.01. The number of carbonyl (C=O) groups excluding carboxylic acids is 2. The Hall–Kier alpha value is -2.21. The van der Waals surface area contributed by atoms with Gasteiger partial charge in [-0.1, -0.05) is 15.9 Å². The number of hydrogen-bond donors (Lipinski definition) is 1. The Morgan fingerprint density at radius 2 is 1.83 bits per heavy atom. The lowest BCUT2D eigenvalue weighted by molar-refractivity contribution is -0.120. The molecule has 1 N–H and O–H groups in total. The van der Waals surface area contributed by atoms with Crippen LogP contribution in [0, 0.1) is 12.7 Å². The molecule has 0 aromatic heterocycles. The first kappa shape index (κ1) is 17.1. The van der Waals surface area contributed by atoms with Crippen molar-refractivity contribution < 1.29 is 14.0 Å². The SMILES string of the molecule is CC(=O)N(CC(=O)Nc1ccc(F)cc1)c1ccc(Br)cc1C. The predicted molar refractivity (Wildman–Crippen MR) is 91.9 cm³/mol. The van der Waals surface area contributed by atoms with E-state index in [9.17, 15) is 14.0 Å². The van der Waals surface area contributed by atoms with Crippen LogP contribution in [0.1, 0.15) is 12.5 Å². The molecule has 2 rings (SSSR count). The lowest BCUT2D eigenvalue weighted by Gasteiger charge is -2.22. The van der Waals surface area contributed by atoms with Crippen molar-refractivity contribution >= 4 is 39.1 Å². The van der Waals surface area contributed by atoms with Crippen LogP contribution in [0.2, 0.25) is 0 Å². The first-order valence-electron chi connectivity index (χ1n) is 6.96. The number of nitrogens with zero attached hydrogens (tertiary/aromatic N) is 1. The van der Waals surface area contributed by atoms with Gasteiger partial charge in [-0.25, -0.2) is 4.39 Å². The van der Waals surface area contributed by atoms with Crippen molar-refractivity contribution in [1.82, 2.24) is 0 Å². The van der Waals surface area contributed by atoms with Crippen molar-refractivity contribution in [1.29, 1.82) is 0 Å². The Morgan fingerprint density at radius 1 is 1.17 bits per heavy atom. The van der Waals surface area contributed by atoms with E-state index in [0.717, 1.165) is 10.0 Å². The number of aryl methyl sites for hydroxylation is 1. The van der Waals surface area contributed by atoms with E-state index >= 15 is 0 Å². The zero-order valence-corrected chi connectivity index (χ0v) is 14.4. The molecule has 0 unspecified atom stereocenters. The summed E-state index contributed by atoms with van der Waals surface area (Å²) in [5.41, 5.74) is 2.03. The summed E-state index contributed by atoms with van der Waals surface area (Å²) in [5.74, 6) is -0.961. The minimum absolute atomic E-state index is 0.116. The van der Waals surface area contributed by atoms with Crippen molar-refractivity contribution in [3.63, 3.8) is 0 Å². The van der Waals surface area contributed by atoms with Crippen LogP contribution in [-0.4, -0.2) is 18.4 Å². The maximum absolute atomic E-state index is 12.9. The van der Waals surface area contributed by atoms with Gasteiger partial charge in [0, 0.05) is 22.8 Å². The van der Waals surface area contributed by atoms with Crippen molar-refractivity contribution in [3.8, 4) is 0 Å². The van der Waals surface area contributed by atoms with E-state index in [-0.39, 0.29) is 24.2 Å². The van der Waals surface area contributed by atoms with Gasteiger partial charge in [0.25, 0.3) is 0 Å². The number of hydrogen-bond acceptors (Lipinski definition) is 2. The van der Waals surface area contributed by atoms with E-state index in [1.54, 1.807) is 6.07 Å². The molecular formula is C17H16BrFN2O2. The van der Waals surface area contributed by atoms with Gasteiger partial charge in [-0.3, -0.25) is 9.59 Å². The normalized spacial score (nSPS) is 10.3. The molecule has 0 aliphatic carbocycles. The zero-order chi connectivity index (χ0) is 17.0. The fraction of sp³-hybridized carbons (Fsp3) is 0.176. The molecule has 0 aliphatic rings. The number of benzene rings is 2. The minimum atomic E-state index is -0.376. The van der Waals surface area contributed by atoms with Crippen molar-refractivity contribution in [2.45, 2.75) is 13.8 Å². The highest BCUT2D eigenvalue weighted by atomic mass is 79.9. The van der Waals surface area contributed by atoms with Gasteiger partial charge in [0.15, 0.2) is 0 Å². The van der Waals surface area contributed by atoms with E-state index in [1.165, 1.54) is 36.1 Å². The summed E-state index contributed by atoms with van der Waals surface area (Å²) in [5, 5.41) is 2.65. The molecule has 0 atom stereocenters. The van der Waals surface area contributed by atoms with E-state index in [2.05, 4.69) is 21.2 Å². The van der Waals surface area contributed by atoms with Gasteiger partial charge in [-0.15, -0.1) is 0 Å². The Kier molecular flexibility index (Phi) is 5.50. The number of halogens is 2. The van der Waals surface area contributed by atoms with Gasteiger partial charge in [-0.05, 0) is 55.0 Å². The van der Waals surface area contributed by atoms with Crippen LogP contribution < -0.4 is 10.2 Å². The van der Waals surface area contributed by atoms with Gasteiger partial charge in [0.2, 0.25) is 11.8 Å². The second-order valence-electron chi connectivity index (χ2n) is 5.09. The molecule has 2 aromatic carbocycles. The summed E-state index contributed by atoms with van der Waals surface area (Å²) in [7, 11) is 0. The number of nitrogens with one attached hydrogen (secondary N) is 1. The Bertz CT molecular complexity index is 732. The third kappa shape index (κ3) is 4.63.